The van der Waals surface area contributed by atoms with Crippen molar-refractivity contribution >= 4 is 18.1 Å². The van der Waals surface area contributed by atoms with Gasteiger partial charge in [-0.1, -0.05) is 36.4 Å². The molecule has 7 heteroatoms. The van der Waals surface area contributed by atoms with Crippen LogP contribution in [-0.4, -0.2) is 33.2 Å². The van der Waals surface area contributed by atoms with Crippen molar-refractivity contribution in [3.8, 4) is 0 Å². The zero-order valence-corrected chi connectivity index (χ0v) is 18.1. The average Bonchev–Trinajstić information content (AvgIpc) is 3.40. The Morgan fingerprint density at radius 1 is 1.12 bits per heavy atom. The van der Waals surface area contributed by atoms with Crippen molar-refractivity contribution in [2.45, 2.75) is 25.2 Å². The lowest BCUT2D eigenvalue weighted by molar-refractivity contribution is -0.124. The van der Waals surface area contributed by atoms with Crippen molar-refractivity contribution in [1.29, 1.82) is 0 Å². The number of aliphatic hydroxyl groups excluding tert-OH is 1. The van der Waals surface area contributed by atoms with Crippen molar-refractivity contribution in [1.82, 2.24) is 20.2 Å². The van der Waals surface area contributed by atoms with Crippen LogP contribution in [0, 0.1) is 11.8 Å². The van der Waals surface area contributed by atoms with Gasteiger partial charge in [0.15, 0.2) is 0 Å². The van der Waals surface area contributed by atoms with Gasteiger partial charge in [0.05, 0.1) is 12.1 Å². The maximum Gasteiger partial charge on any atom is 0.258 e. The lowest BCUT2D eigenvalue weighted by Crippen LogP contribution is -2.46. The number of pyridine rings is 2. The highest BCUT2D eigenvalue weighted by molar-refractivity contribution is 5.82. The number of aromatic nitrogens is 2. The number of nitrogens with zero attached hydrogens (tertiary/aromatic N) is 2. The molecule has 5 rings (SSSR count). The minimum atomic E-state index is -0.506. The molecule has 3 N–H and O–H groups in total. The SMILES string of the molecule is O=C(NCc1ccncc1)[C@@H]1N[C@@H]2c3ccc(/C=C/c4ccccc4)c(=O)n3C[C@@H]2[C@H]1CO. The Balaban J connectivity index is 1.33. The van der Waals surface area contributed by atoms with Gasteiger partial charge in [0, 0.05) is 55.2 Å². The minimum Gasteiger partial charge on any atom is -0.396 e. The highest BCUT2D eigenvalue weighted by atomic mass is 16.3. The number of carbonyl (C=O) groups is 1. The van der Waals surface area contributed by atoms with E-state index in [0.29, 0.717) is 18.7 Å². The summed E-state index contributed by atoms with van der Waals surface area (Å²) in [6.07, 6.45) is 7.14. The standard InChI is InChI=1S/C26H26N4O3/c31-16-21-20-15-30-22(9-8-19(26(30)33)7-6-17-4-2-1-3-5-17)23(20)29-24(21)25(32)28-14-18-10-12-27-13-11-18/h1-13,20-21,23-24,29,31H,14-16H2,(H,28,32)/b7-6+/t20-,21-,23+,24-/m1/s1. The summed E-state index contributed by atoms with van der Waals surface area (Å²) in [5.74, 6) is -0.431. The smallest absolute Gasteiger partial charge is 0.258 e. The Kier molecular flexibility index (Phi) is 5.90. The van der Waals surface area contributed by atoms with E-state index in [4.69, 9.17) is 0 Å². The van der Waals surface area contributed by atoms with Crippen molar-refractivity contribution in [2.24, 2.45) is 11.8 Å². The van der Waals surface area contributed by atoms with Crippen LogP contribution in [0.15, 0.2) is 71.8 Å². The highest BCUT2D eigenvalue weighted by Gasteiger charge is 2.50. The topological polar surface area (TPSA) is 96.3 Å². The first-order valence-corrected chi connectivity index (χ1v) is 11.2. The summed E-state index contributed by atoms with van der Waals surface area (Å²) in [5.41, 5.74) is 3.43. The van der Waals surface area contributed by atoms with Crippen LogP contribution in [0.2, 0.25) is 0 Å². The van der Waals surface area contributed by atoms with Crippen LogP contribution in [-0.2, 0) is 17.9 Å². The molecule has 1 amide bonds. The van der Waals surface area contributed by atoms with Crippen molar-refractivity contribution in [2.75, 3.05) is 6.61 Å². The Labute approximate surface area is 191 Å². The van der Waals surface area contributed by atoms with E-state index in [9.17, 15) is 14.7 Å². The molecule has 7 nitrogen and oxygen atoms in total. The average molecular weight is 443 g/mol. The second kappa shape index (κ2) is 9.13. The normalized spacial score (nSPS) is 23.4. The largest absolute Gasteiger partial charge is 0.396 e. The van der Waals surface area contributed by atoms with Crippen LogP contribution in [0.5, 0.6) is 0 Å². The van der Waals surface area contributed by atoms with Crippen LogP contribution in [0.4, 0.5) is 0 Å². The molecule has 0 aliphatic carbocycles. The van der Waals surface area contributed by atoms with Crippen LogP contribution < -0.4 is 16.2 Å². The number of rotatable bonds is 6. The van der Waals surface area contributed by atoms with E-state index in [0.717, 1.165) is 16.8 Å². The van der Waals surface area contributed by atoms with Gasteiger partial charge < -0.3 is 15.0 Å². The fraction of sp³-hybridized carbons (Fsp3) is 0.269. The van der Waals surface area contributed by atoms with E-state index in [1.54, 1.807) is 17.0 Å². The Bertz CT molecular complexity index is 1220. The van der Waals surface area contributed by atoms with Gasteiger partial charge in [-0.2, -0.15) is 0 Å². The van der Waals surface area contributed by atoms with Gasteiger partial charge in [-0.05, 0) is 41.5 Å². The monoisotopic (exact) mass is 442 g/mol. The molecule has 33 heavy (non-hydrogen) atoms. The van der Waals surface area contributed by atoms with E-state index >= 15 is 0 Å². The number of hydrogen-bond donors (Lipinski definition) is 3. The predicted molar refractivity (Wildman–Crippen MR) is 126 cm³/mol. The summed E-state index contributed by atoms with van der Waals surface area (Å²) >= 11 is 0. The second-order valence-corrected chi connectivity index (χ2v) is 8.58. The summed E-state index contributed by atoms with van der Waals surface area (Å²) in [7, 11) is 0. The van der Waals surface area contributed by atoms with Crippen molar-refractivity contribution in [3.63, 3.8) is 0 Å². The van der Waals surface area contributed by atoms with E-state index < -0.39 is 6.04 Å². The lowest BCUT2D eigenvalue weighted by Gasteiger charge is -2.21. The fourth-order valence-electron chi connectivity index (χ4n) is 4.95. The number of aliphatic hydroxyl groups is 1. The van der Waals surface area contributed by atoms with Crippen LogP contribution >= 0.6 is 0 Å². The first-order chi connectivity index (χ1) is 16.2. The Hall–Kier alpha value is -3.55. The molecule has 0 spiro atoms. The van der Waals surface area contributed by atoms with Gasteiger partial charge in [-0.3, -0.25) is 19.9 Å². The van der Waals surface area contributed by atoms with Crippen LogP contribution in [0.3, 0.4) is 0 Å². The summed E-state index contributed by atoms with van der Waals surface area (Å²) in [4.78, 5) is 30.0. The maximum atomic E-state index is 13.1. The van der Waals surface area contributed by atoms with Gasteiger partial charge in [-0.25, -0.2) is 0 Å². The Morgan fingerprint density at radius 3 is 2.67 bits per heavy atom. The lowest BCUT2D eigenvalue weighted by atomic mass is 9.88. The first-order valence-electron chi connectivity index (χ1n) is 11.2. The maximum absolute atomic E-state index is 13.1. The molecular weight excluding hydrogens is 416 g/mol. The van der Waals surface area contributed by atoms with E-state index in [-0.39, 0.29) is 36.0 Å². The molecule has 3 aromatic rings. The molecule has 1 aromatic carbocycles. The summed E-state index contributed by atoms with van der Waals surface area (Å²) in [6.45, 7) is 0.767. The quantitative estimate of drug-likeness (QED) is 0.543. The van der Waals surface area contributed by atoms with Gasteiger partial charge in [0.1, 0.15) is 0 Å². The zero-order chi connectivity index (χ0) is 22.8. The third kappa shape index (κ3) is 4.13. The van der Waals surface area contributed by atoms with E-state index in [1.807, 2.05) is 66.7 Å². The molecule has 2 aliphatic rings. The highest BCUT2D eigenvalue weighted by Crippen LogP contribution is 2.42. The van der Waals surface area contributed by atoms with Crippen LogP contribution in [0.1, 0.15) is 28.4 Å². The molecule has 1 fully saturated rings. The minimum absolute atomic E-state index is 0.0206. The first kappa shape index (κ1) is 21.3. The molecule has 2 aliphatic heterocycles. The third-order valence-electron chi connectivity index (χ3n) is 6.68. The molecule has 4 heterocycles. The van der Waals surface area contributed by atoms with Crippen molar-refractivity contribution in [3.05, 3.63) is 99.7 Å². The van der Waals surface area contributed by atoms with Gasteiger partial charge >= 0.3 is 0 Å². The molecule has 0 unspecified atom stereocenters. The zero-order valence-electron chi connectivity index (χ0n) is 18.1. The van der Waals surface area contributed by atoms with Gasteiger partial charge in [0.25, 0.3) is 5.56 Å². The number of hydrogen-bond acceptors (Lipinski definition) is 5. The number of nitrogens with one attached hydrogen (secondary N) is 2. The Morgan fingerprint density at radius 2 is 1.91 bits per heavy atom. The molecule has 4 atom stereocenters. The summed E-state index contributed by atoms with van der Waals surface area (Å²) in [5, 5.41) is 16.4. The van der Waals surface area contributed by atoms with E-state index in [2.05, 4.69) is 15.6 Å². The predicted octanol–water partition coefficient (Wildman–Crippen LogP) is 1.98. The molecular formula is C26H26N4O3. The molecule has 2 aromatic heterocycles. The molecule has 1 saturated heterocycles. The number of amides is 1. The molecule has 0 saturated carbocycles. The van der Waals surface area contributed by atoms with Crippen LogP contribution in [0.25, 0.3) is 12.2 Å². The van der Waals surface area contributed by atoms with Crippen molar-refractivity contribution < 1.29 is 9.90 Å². The van der Waals surface area contributed by atoms with Gasteiger partial charge in [0.2, 0.25) is 5.91 Å². The molecule has 0 radical (unpaired) electrons. The molecule has 0 bridgehead atoms. The molecule has 168 valence electrons. The summed E-state index contributed by atoms with van der Waals surface area (Å²) < 4.78 is 1.78. The number of fused-ring (bicyclic) bond motifs is 3. The van der Waals surface area contributed by atoms with Gasteiger partial charge in [-0.15, -0.1) is 0 Å². The number of benzene rings is 1. The number of carbonyl (C=O) groups excluding carboxylic acids is 1. The third-order valence-corrected chi connectivity index (χ3v) is 6.68. The second-order valence-electron chi connectivity index (χ2n) is 8.58. The summed E-state index contributed by atoms with van der Waals surface area (Å²) in [6, 6.07) is 16.7. The fourth-order valence-corrected chi connectivity index (χ4v) is 4.95. The van der Waals surface area contributed by atoms with E-state index in [1.165, 1.54) is 0 Å².